The van der Waals surface area contributed by atoms with Gasteiger partial charge in [0.2, 0.25) is 0 Å². The lowest BCUT2D eigenvalue weighted by Crippen LogP contribution is -2.28. The normalized spacial score (nSPS) is 21.6. The van der Waals surface area contributed by atoms with Gasteiger partial charge in [0.15, 0.2) is 4.21 Å². The van der Waals surface area contributed by atoms with Gasteiger partial charge in [-0.05, 0) is 25.7 Å². The fourth-order valence-corrected chi connectivity index (χ4v) is 5.38. The maximum atomic E-state index is 12.4. The lowest BCUT2D eigenvalue weighted by molar-refractivity contribution is 0.445. The van der Waals surface area contributed by atoms with Crippen molar-refractivity contribution in [3.8, 4) is 0 Å². The van der Waals surface area contributed by atoms with Crippen LogP contribution in [-0.4, -0.2) is 30.8 Å². The highest BCUT2D eigenvalue weighted by atomic mass is 32.2. The molecule has 0 spiro atoms. The molecule has 1 fully saturated rings. The van der Waals surface area contributed by atoms with E-state index in [1.54, 1.807) is 6.92 Å². The van der Waals surface area contributed by atoms with Crippen LogP contribution < -0.4 is 4.87 Å². The molecule has 1 aromatic heterocycles. The molecule has 0 aromatic carbocycles. The SMILES string of the molecule is CCCC1CCN(S(=O)(=O)c2sc(=O)[nH]c2C)C1. The summed E-state index contributed by atoms with van der Waals surface area (Å²) in [6, 6.07) is 0. The number of hydrogen-bond donors (Lipinski definition) is 1. The molecule has 0 aliphatic carbocycles. The van der Waals surface area contributed by atoms with Gasteiger partial charge in [-0.3, -0.25) is 4.79 Å². The van der Waals surface area contributed by atoms with E-state index in [4.69, 9.17) is 0 Å². The first kappa shape index (κ1) is 13.8. The fraction of sp³-hybridized carbons (Fsp3) is 0.727. The standard InChI is InChI=1S/C11H18N2O3S2/c1-3-4-9-5-6-13(7-9)18(15,16)10-8(2)12-11(14)17-10/h9H,3-7H2,1-2H3,(H,12,14). The lowest BCUT2D eigenvalue weighted by Gasteiger charge is -2.15. The maximum Gasteiger partial charge on any atom is 0.305 e. The molecule has 1 aromatic rings. The number of aryl methyl sites for hydroxylation is 1. The molecular weight excluding hydrogens is 272 g/mol. The van der Waals surface area contributed by atoms with E-state index in [1.165, 1.54) is 4.31 Å². The monoisotopic (exact) mass is 290 g/mol. The summed E-state index contributed by atoms with van der Waals surface area (Å²) in [5.74, 6) is 0.459. The second-order valence-electron chi connectivity index (χ2n) is 4.73. The number of rotatable bonds is 4. The minimum atomic E-state index is -3.48. The van der Waals surface area contributed by atoms with E-state index in [2.05, 4.69) is 11.9 Å². The Bertz CT molecular complexity index is 573. The summed E-state index contributed by atoms with van der Waals surface area (Å²) >= 11 is 0.782. The van der Waals surface area contributed by atoms with Gasteiger partial charge in [0, 0.05) is 18.8 Å². The van der Waals surface area contributed by atoms with Gasteiger partial charge in [-0.15, -0.1) is 0 Å². The molecule has 0 saturated carbocycles. The Morgan fingerprint density at radius 3 is 2.78 bits per heavy atom. The quantitative estimate of drug-likeness (QED) is 0.914. The Hall–Kier alpha value is -0.660. The van der Waals surface area contributed by atoms with Crippen LogP contribution in [0.3, 0.4) is 0 Å². The summed E-state index contributed by atoms with van der Waals surface area (Å²) in [6.45, 7) is 4.89. The van der Waals surface area contributed by atoms with Crippen LogP contribution in [-0.2, 0) is 10.0 Å². The van der Waals surface area contributed by atoms with Crippen molar-refractivity contribution in [2.75, 3.05) is 13.1 Å². The van der Waals surface area contributed by atoms with Crippen molar-refractivity contribution in [1.29, 1.82) is 0 Å². The van der Waals surface area contributed by atoms with Crippen molar-refractivity contribution in [3.63, 3.8) is 0 Å². The minimum Gasteiger partial charge on any atom is -0.315 e. The van der Waals surface area contributed by atoms with Crippen LogP contribution in [0.25, 0.3) is 0 Å². The Morgan fingerprint density at radius 2 is 2.22 bits per heavy atom. The molecular formula is C11H18N2O3S2. The Kier molecular flexibility index (Phi) is 3.93. The van der Waals surface area contributed by atoms with Gasteiger partial charge in [-0.2, -0.15) is 4.31 Å². The third kappa shape index (κ3) is 2.53. The van der Waals surface area contributed by atoms with Gasteiger partial charge in [0.05, 0.1) is 0 Å². The Labute approximate surface area is 111 Å². The first-order chi connectivity index (χ1) is 8.45. The van der Waals surface area contributed by atoms with Crippen LogP contribution >= 0.6 is 11.3 Å². The number of nitrogens with one attached hydrogen (secondary N) is 1. The van der Waals surface area contributed by atoms with E-state index in [0.29, 0.717) is 24.7 Å². The zero-order valence-corrected chi connectivity index (χ0v) is 12.2. The average molecular weight is 290 g/mol. The highest BCUT2D eigenvalue weighted by Gasteiger charge is 2.34. The van der Waals surface area contributed by atoms with Crippen LogP contribution in [0.4, 0.5) is 0 Å². The molecule has 7 heteroatoms. The third-order valence-corrected chi connectivity index (χ3v) is 6.75. The summed E-state index contributed by atoms with van der Waals surface area (Å²) < 4.78 is 26.5. The molecule has 18 heavy (non-hydrogen) atoms. The summed E-state index contributed by atoms with van der Waals surface area (Å²) in [4.78, 5) is 13.4. The van der Waals surface area contributed by atoms with Gasteiger partial charge in [-0.25, -0.2) is 8.42 Å². The fourth-order valence-electron chi connectivity index (χ4n) is 2.41. The number of aromatic amines is 1. The number of aromatic nitrogens is 1. The number of nitrogens with zero attached hydrogens (tertiary/aromatic N) is 1. The van der Waals surface area contributed by atoms with Crippen LogP contribution in [0.15, 0.2) is 9.00 Å². The highest BCUT2D eigenvalue weighted by Crippen LogP contribution is 2.28. The van der Waals surface area contributed by atoms with Gasteiger partial charge in [0.1, 0.15) is 0 Å². The van der Waals surface area contributed by atoms with Crippen LogP contribution in [0.2, 0.25) is 0 Å². The number of thiazole rings is 1. The van der Waals surface area contributed by atoms with Crippen molar-refractivity contribution < 1.29 is 8.42 Å². The van der Waals surface area contributed by atoms with E-state index in [1.807, 2.05) is 0 Å². The predicted octanol–water partition coefficient (Wildman–Crippen LogP) is 1.56. The van der Waals surface area contributed by atoms with Gasteiger partial charge < -0.3 is 4.98 Å². The molecule has 0 bridgehead atoms. The molecule has 1 saturated heterocycles. The molecule has 0 radical (unpaired) electrons. The minimum absolute atomic E-state index is 0.171. The van der Waals surface area contributed by atoms with E-state index >= 15 is 0 Å². The first-order valence-corrected chi connectivity index (χ1v) is 8.40. The van der Waals surface area contributed by atoms with Crippen molar-refractivity contribution >= 4 is 21.4 Å². The number of sulfonamides is 1. The van der Waals surface area contributed by atoms with Crippen molar-refractivity contribution in [2.24, 2.45) is 5.92 Å². The topological polar surface area (TPSA) is 70.2 Å². The zero-order valence-electron chi connectivity index (χ0n) is 10.6. The van der Waals surface area contributed by atoms with Crippen LogP contribution in [0, 0.1) is 12.8 Å². The largest absolute Gasteiger partial charge is 0.315 e. The smallest absolute Gasteiger partial charge is 0.305 e. The summed E-state index contributed by atoms with van der Waals surface area (Å²) in [7, 11) is -3.48. The molecule has 1 unspecified atom stereocenters. The van der Waals surface area contributed by atoms with Crippen molar-refractivity contribution in [1.82, 2.24) is 9.29 Å². The van der Waals surface area contributed by atoms with E-state index < -0.39 is 10.0 Å². The summed E-state index contributed by atoms with van der Waals surface area (Å²) in [5.41, 5.74) is 0.448. The Morgan fingerprint density at radius 1 is 1.50 bits per heavy atom. The molecule has 5 nitrogen and oxygen atoms in total. The molecule has 0 amide bonds. The summed E-state index contributed by atoms with van der Waals surface area (Å²) in [6.07, 6.45) is 3.06. The Balaban J connectivity index is 2.23. The molecule has 1 aliphatic rings. The zero-order chi connectivity index (χ0) is 13.3. The average Bonchev–Trinajstić information content (AvgIpc) is 2.86. The summed E-state index contributed by atoms with van der Waals surface area (Å²) in [5, 5.41) is 0. The van der Waals surface area contributed by atoms with E-state index in [9.17, 15) is 13.2 Å². The molecule has 2 heterocycles. The number of H-pyrrole nitrogens is 1. The van der Waals surface area contributed by atoms with E-state index in [-0.39, 0.29) is 9.08 Å². The van der Waals surface area contributed by atoms with Gasteiger partial charge >= 0.3 is 4.87 Å². The lowest BCUT2D eigenvalue weighted by atomic mass is 10.0. The second-order valence-corrected chi connectivity index (χ2v) is 7.85. The maximum absolute atomic E-state index is 12.4. The predicted molar refractivity (Wildman–Crippen MR) is 71.5 cm³/mol. The molecule has 2 rings (SSSR count). The second kappa shape index (κ2) is 5.14. The first-order valence-electron chi connectivity index (χ1n) is 6.15. The van der Waals surface area contributed by atoms with Crippen molar-refractivity contribution in [3.05, 3.63) is 15.4 Å². The van der Waals surface area contributed by atoms with Crippen LogP contribution in [0.5, 0.6) is 0 Å². The van der Waals surface area contributed by atoms with E-state index in [0.717, 1.165) is 30.6 Å². The van der Waals surface area contributed by atoms with Gasteiger partial charge in [0.25, 0.3) is 10.0 Å². The van der Waals surface area contributed by atoms with Crippen molar-refractivity contribution in [2.45, 2.75) is 37.3 Å². The number of hydrogen-bond acceptors (Lipinski definition) is 4. The highest BCUT2D eigenvalue weighted by molar-refractivity contribution is 7.91. The third-order valence-electron chi connectivity index (χ3n) is 3.30. The molecule has 102 valence electrons. The molecule has 1 aliphatic heterocycles. The van der Waals surface area contributed by atoms with Gasteiger partial charge in [-0.1, -0.05) is 24.7 Å². The molecule has 1 N–H and O–H groups in total. The molecule has 1 atom stereocenters. The van der Waals surface area contributed by atoms with Crippen LogP contribution in [0.1, 0.15) is 31.9 Å².